The van der Waals surface area contributed by atoms with Crippen LogP contribution in [0.3, 0.4) is 0 Å². The maximum absolute atomic E-state index is 4.87. The predicted molar refractivity (Wildman–Crippen MR) is 59.5 cm³/mol. The van der Waals surface area contributed by atoms with E-state index in [4.69, 9.17) is 9.26 Å². The third kappa shape index (κ3) is 7.80. The lowest BCUT2D eigenvalue weighted by Crippen LogP contribution is -1.93. The monoisotopic (exact) mass is 201 g/mol. The number of ether oxygens (including phenoxy) is 1. The summed E-state index contributed by atoms with van der Waals surface area (Å²) in [5.74, 6) is 0.853. The van der Waals surface area contributed by atoms with Crippen LogP contribution < -0.4 is 0 Å². The van der Waals surface area contributed by atoms with E-state index >= 15 is 0 Å². The van der Waals surface area contributed by atoms with Gasteiger partial charge in [0, 0.05) is 19.6 Å². The standard InChI is InChI=1S/C7H11NO2.2C2H6/c1-6-5-7(8-10-6)3-4-9-2;2*1-2/h5H,3-4H2,1-2H3;2*1-2H3. The second-order valence-corrected chi connectivity index (χ2v) is 2.17. The van der Waals surface area contributed by atoms with Gasteiger partial charge in [0.25, 0.3) is 0 Å². The number of nitrogens with zero attached hydrogens (tertiary/aromatic N) is 1. The molecule has 0 aliphatic heterocycles. The quantitative estimate of drug-likeness (QED) is 0.753. The summed E-state index contributed by atoms with van der Waals surface area (Å²) >= 11 is 0. The molecule has 0 N–H and O–H groups in total. The van der Waals surface area contributed by atoms with Crippen LogP contribution >= 0.6 is 0 Å². The molecule has 0 amide bonds. The minimum Gasteiger partial charge on any atom is -0.384 e. The first-order chi connectivity index (χ1) is 6.83. The van der Waals surface area contributed by atoms with Gasteiger partial charge in [-0.2, -0.15) is 0 Å². The van der Waals surface area contributed by atoms with Gasteiger partial charge in [-0.15, -0.1) is 0 Å². The van der Waals surface area contributed by atoms with E-state index in [0.717, 1.165) is 17.9 Å². The van der Waals surface area contributed by atoms with Crippen LogP contribution in [0.4, 0.5) is 0 Å². The van der Waals surface area contributed by atoms with E-state index in [2.05, 4.69) is 5.16 Å². The Balaban J connectivity index is 0. The zero-order chi connectivity index (χ0) is 11.4. The van der Waals surface area contributed by atoms with Crippen molar-refractivity contribution in [1.82, 2.24) is 5.16 Å². The molecule has 0 atom stereocenters. The highest BCUT2D eigenvalue weighted by Crippen LogP contribution is 2.01. The SMILES string of the molecule is CC.CC.COCCc1cc(C)on1. The molecular weight excluding hydrogens is 178 g/mol. The summed E-state index contributed by atoms with van der Waals surface area (Å²) in [5, 5.41) is 3.80. The summed E-state index contributed by atoms with van der Waals surface area (Å²) in [6, 6.07) is 1.92. The van der Waals surface area contributed by atoms with Crippen LogP contribution in [0.2, 0.25) is 0 Å². The molecule has 0 spiro atoms. The molecule has 1 heterocycles. The highest BCUT2D eigenvalue weighted by Gasteiger charge is 1.97. The van der Waals surface area contributed by atoms with Gasteiger partial charge < -0.3 is 9.26 Å². The van der Waals surface area contributed by atoms with Crippen LogP contribution in [0.15, 0.2) is 10.6 Å². The van der Waals surface area contributed by atoms with Crippen LogP contribution in [0.25, 0.3) is 0 Å². The zero-order valence-electron chi connectivity index (χ0n) is 10.3. The molecule has 0 bridgehead atoms. The number of hydrogen-bond acceptors (Lipinski definition) is 3. The predicted octanol–water partition coefficient (Wildman–Crippen LogP) is 3.22. The molecule has 0 fully saturated rings. The van der Waals surface area contributed by atoms with Gasteiger partial charge in [-0.05, 0) is 6.92 Å². The molecule has 14 heavy (non-hydrogen) atoms. The molecule has 3 heteroatoms. The molecule has 0 radical (unpaired) electrons. The van der Waals surface area contributed by atoms with Crippen molar-refractivity contribution in [1.29, 1.82) is 0 Å². The number of rotatable bonds is 3. The van der Waals surface area contributed by atoms with Crippen LogP contribution in [-0.4, -0.2) is 18.9 Å². The summed E-state index contributed by atoms with van der Waals surface area (Å²) in [5.41, 5.74) is 0.958. The van der Waals surface area contributed by atoms with Crippen LogP contribution in [-0.2, 0) is 11.2 Å². The van der Waals surface area contributed by atoms with Crippen molar-refractivity contribution < 1.29 is 9.26 Å². The minimum absolute atomic E-state index is 0.700. The van der Waals surface area contributed by atoms with E-state index in [-0.39, 0.29) is 0 Å². The Kier molecular flexibility index (Phi) is 13.6. The Morgan fingerprint density at radius 3 is 2.21 bits per heavy atom. The first kappa shape index (κ1) is 15.6. The molecule has 1 aromatic rings. The van der Waals surface area contributed by atoms with Gasteiger partial charge >= 0.3 is 0 Å². The average Bonchev–Trinajstić information content (AvgIpc) is 2.67. The maximum atomic E-state index is 4.87. The van der Waals surface area contributed by atoms with E-state index in [1.54, 1.807) is 7.11 Å². The van der Waals surface area contributed by atoms with Crippen molar-refractivity contribution in [3.05, 3.63) is 17.5 Å². The Morgan fingerprint density at radius 1 is 1.29 bits per heavy atom. The number of hydrogen-bond donors (Lipinski definition) is 0. The van der Waals surface area contributed by atoms with Gasteiger partial charge in [-0.1, -0.05) is 32.9 Å². The lowest BCUT2D eigenvalue weighted by molar-refractivity contribution is 0.200. The van der Waals surface area contributed by atoms with Gasteiger partial charge in [-0.25, -0.2) is 0 Å². The highest BCUT2D eigenvalue weighted by molar-refractivity contribution is 5.03. The average molecular weight is 201 g/mol. The van der Waals surface area contributed by atoms with E-state index in [1.165, 1.54) is 0 Å². The lowest BCUT2D eigenvalue weighted by Gasteiger charge is -1.90. The number of aryl methyl sites for hydroxylation is 1. The second-order valence-electron chi connectivity index (χ2n) is 2.17. The van der Waals surface area contributed by atoms with Crippen LogP contribution in [0, 0.1) is 6.92 Å². The van der Waals surface area contributed by atoms with E-state index < -0.39 is 0 Å². The Hall–Kier alpha value is -0.830. The van der Waals surface area contributed by atoms with Gasteiger partial charge in [0.15, 0.2) is 0 Å². The summed E-state index contributed by atoms with van der Waals surface area (Å²) in [6.45, 7) is 10.6. The van der Waals surface area contributed by atoms with E-state index in [0.29, 0.717) is 6.61 Å². The highest BCUT2D eigenvalue weighted by atomic mass is 16.5. The molecule has 1 rings (SSSR count). The van der Waals surface area contributed by atoms with Crippen molar-refractivity contribution in [2.24, 2.45) is 0 Å². The van der Waals surface area contributed by atoms with Crippen molar-refractivity contribution in [2.45, 2.75) is 41.0 Å². The summed E-state index contributed by atoms with van der Waals surface area (Å²) in [7, 11) is 1.67. The fraction of sp³-hybridized carbons (Fsp3) is 0.727. The summed E-state index contributed by atoms with van der Waals surface area (Å²) in [4.78, 5) is 0. The molecule has 0 saturated carbocycles. The first-order valence-electron chi connectivity index (χ1n) is 5.24. The molecule has 0 unspecified atom stereocenters. The fourth-order valence-electron chi connectivity index (χ4n) is 0.742. The number of methoxy groups -OCH3 is 1. The topological polar surface area (TPSA) is 35.3 Å². The molecule has 84 valence electrons. The second kappa shape index (κ2) is 12.2. The molecule has 0 aromatic carbocycles. The van der Waals surface area contributed by atoms with E-state index in [1.807, 2.05) is 40.7 Å². The van der Waals surface area contributed by atoms with Crippen LogP contribution in [0.1, 0.15) is 39.1 Å². The van der Waals surface area contributed by atoms with Crippen molar-refractivity contribution in [2.75, 3.05) is 13.7 Å². The van der Waals surface area contributed by atoms with Gasteiger partial charge in [0.2, 0.25) is 0 Å². The smallest absolute Gasteiger partial charge is 0.133 e. The molecule has 0 saturated heterocycles. The third-order valence-corrected chi connectivity index (χ3v) is 1.24. The molecule has 1 aromatic heterocycles. The number of aromatic nitrogens is 1. The van der Waals surface area contributed by atoms with Gasteiger partial charge in [0.1, 0.15) is 5.76 Å². The fourth-order valence-corrected chi connectivity index (χ4v) is 0.742. The van der Waals surface area contributed by atoms with E-state index in [9.17, 15) is 0 Å². The summed E-state index contributed by atoms with van der Waals surface area (Å²) in [6.07, 6.45) is 0.827. The Labute approximate surface area is 87.4 Å². The Morgan fingerprint density at radius 2 is 1.86 bits per heavy atom. The molecular formula is C11H23NO2. The maximum Gasteiger partial charge on any atom is 0.133 e. The van der Waals surface area contributed by atoms with Crippen molar-refractivity contribution in [3.8, 4) is 0 Å². The Bertz CT molecular complexity index is 197. The van der Waals surface area contributed by atoms with Gasteiger partial charge in [-0.3, -0.25) is 0 Å². The lowest BCUT2D eigenvalue weighted by atomic mass is 10.3. The minimum atomic E-state index is 0.700. The molecule has 3 nitrogen and oxygen atoms in total. The van der Waals surface area contributed by atoms with Crippen LogP contribution in [0.5, 0.6) is 0 Å². The molecule has 0 aliphatic rings. The first-order valence-corrected chi connectivity index (χ1v) is 5.24. The van der Waals surface area contributed by atoms with Gasteiger partial charge in [0.05, 0.1) is 12.3 Å². The van der Waals surface area contributed by atoms with Crippen molar-refractivity contribution in [3.63, 3.8) is 0 Å². The zero-order valence-corrected chi connectivity index (χ0v) is 10.3. The third-order valence-electron chi connectivity index (χ3n) is 1.24. The van der Waals surface area contributed by atoms with Crippen molar-refractivity contribution >= 4 is 0 Å². The largest absolute Gasteiger partial charge is 0.384 e. The summed E-state index contributed by atoms with van der Waals surface area (Å²) < 4.78 is 9.73. The normalized spacial score (nSPS) is 8.14. The molecule has 0 aliphatic carbocycles.